The molecular formula is C24H31ClN4O2. The largest absolute Gasteiger partial charge is 0.349 e. The number of rotatable bonds is 7. The zero-order chi connectivity index (χ0) is 22.4. The maximum Gasteiger partial charge on any atom is 0.251 e. The third-order valence-electron chi connectivity index (χ3n) is 5.76. The molecule has 0 saturated carbocycles. The fourth-order valence-electron chi connectivity index (χ4n) is 3.81. The molecule has 0 aliphatic carbocycles. The van der Waals surface area contributed by atoms with E-state index in [9.17, 15) is 9.59 Å². The SMILES string of the molecule is CCCCn1nc(C)c(/C=C/C(=O)N2CCC(NC(=O)c3ccccc3C)CC2)c1Cl. The van der Waals surface area contributed by atoms with Gasteiger partial charge in [0.15, 0.2) is 0 Å². The van der Waals surface area contributed by atoms with Gasteiger partial charge in [-0.2, -0.15) is 5.10 Å². The van der Waals surface area contributed by atoms with Crippen LogP contribution < -0.4 is 5.32 Å². The molecule has 0 spiro atoms. The summed E-state index contributed by atoms with van der Waals surface area (Å²) in [7, 11) is 0. The van der Waals surface area contributed by atoms with E-state index in [-0.39, 0.29) is 17.9 Å². The van der Waals surface area contributed by atoms with Crippen molar-refractivity contribution in [1.82, 2.24) is 20.0 Å². The molecule has 1 aliphatic rings. The van der Waals surface area contributed by atoms with E-state index in [2.05, 4.69) is 17.3 Å². The van der Waals surface area contributed by atoms with E-state index in [0.29, 0.717) is 23.8 Å². The van der Waals surface area contributed by atoms with E-state index < -0.39 is 0 Å². The lowest BCUT2D eigenvalue weighted by atomic mass is 10.0. The van der Waals surface area contributed by atoms with E-state index in [1.165, 1.54) is 0 Å². The molecule has 0 radical (unpaired) electrons. The second kappa shape index (κ2) is 10.6. The number of aryl methyl sites for hydroxylation is 3. The quantitative estimate of drug-likeness (QED) is 0.646. The third-order valence-corrected chi connectivity index (χ3v) is 6.16. The molecule has 2 heterocycles. The van der Waals surface area contributed by atoms with Gasteiger partial charge in [-0.15, -0.1) is 0 Å². The molecule has 3 rings (SSSR count). The lowest BCUT2D eigenvalue weighted by molar-refractivity contribution is -0.126. The maximum atomic E-state index is 12.6. The molecule has 1 fully saturated rings. The van der Waals surface area contributed by atoms with Crippen molar-refractivity contribution in [2.75, 3.05) is 13.1 Å². The summed E-state index contributed by atoms with van der Waals surface area (Å²) in [5.41, 5.74) is 3.29. The van der Waals surface area contributed by atoms with Gasteiger partial charge in [-0.3, -0.25) is 14.3 Å². The first-order valence-electron chi connectivity index (χ1n) is 11.0. The molecule has 6 nitrogen and oxygen atoms in total. The standard InChI is InChI=1S/C24H31ClN4O2/c1-4-5-14-29-23(25)21(18(3)27-29)10-11-22(30)28-15-12-19(13-16-28)26-24(31)20-9-7-6-8-17(20)2/h6-11,19H,4-5,12-16H2,1-3H3,(H,26,31)/b11-10+. The molecule has 166 valence electrons. The van der Waals surface area contributed by atoms with Gasteiger partial charge < -0.3 is 10.2 Å². The van der Waals surface area contributed by atoms with Crippen LogP contribution in [0.2, 0.25) is 5.15 Å². The van der Waals surface area contributed by atoms with Crippen molar-refractivity contribution in [2.24, 2.45) is 0 Å². The third kappa shape index (κ3) is 5.76. The van der Waals surface area contributed by atoms with Crippen LogP contribution in [0.1, 0.15) is 59.8 Å². The molecule has 1 aromatic heterocycles. The van der Waals surface area contributed by atoms with Crippen molar-refractivity contribution in [3.05, 3.63) is 57.9 Å². The second-order valence-electron chi connectivity index (χ2n) is 8.09. The summed E-state index contributed by atoms with van der Waals surface area (Å²) in [6.07, 6.45) is 6.91. The number of aromatic nitrogens is 2. The highest BCUT2D eigenvalue weighted by Gasteiger charge is 2.23. The predicted octanol–water partition coefficient (Wildman–Crippen LogP) is 4.39. The minimum atomic E-state index is -0.0482. The summed E-state index contributed by atoms with van der Waals surface area (Å²) in [4.78, 5) is 27.0. The second-order valence-corrected chi connectivity index (χ2v) is 8.45. The number of nitrogens with one attached hydrogen (secondary N) is 1. The van der Waals surface area contributed by atoms with Crippen molar-refractivity contribution in [1.29, 1.82) is 0 Å². The molecule has 1 aromatic carbocycles. The summed E-state index contributed by atoms with van der Waals surface area (Å²) < 4.78 is 1.80. The number of unbranched alkanes of at least 4 members (excludes halogenated alkanes) is 1. The topological polar surface area (TPSA) is 67.2 Å². The highest BCUT2D eigenvalue weighted by atomic mass is 35.5. The Balaban J connectivity index is 1.53. The van der Waals surface area contributed by atoms with Crippen molar-refractivity contribution in [2.45, 2.75) is 59.0 Å². The van der Waals surface area contributed by atoms with Crippen LogP contribution in [0.3, 0.4) is 0 Å². The first kappa shape index (κ1) is 23.1. The van der Waals surface area contributed by atoms with Crippen LogP contribution in [0.15, 0.2) is 30.3 Å². The molecule has 1 aliphatic heterocycles. The Labute approximate surface area is 189 Å². The molecular weight excluding hydrogens is 412 g/mol. The molecule has 0 atom stereocenters. The lowest BCUT2D eigenvalue weighted by Crippen LogP contribution is -2.46. The van der Waals surface area contributed by atoms with E-state index >= 15 is 0 Å². The first-order chi connectivity index (χ1) is 14.9. The van der Waals surface area contributed by atoms with Crippen LogP contribution in [-0.4, -0.2) is 45.6 Å². The Morgan fingerprint density at radius 3 is 2.61 bits per heavy atom. The van der Waals surface area contributed by atoms with Gasteiger partial charge in [0.1, 0.15) is 5.15 Å². The number of halogens is 1. The van der Waals surface area contributed by atoms with Crippen molar-refractivity contribution in [3.8, 4) is 0 Å². The average molecular weight is 443 g/mol. The van der Waals surface area contributed by atoms with Crippen LogP contribution in [0, 0.1) is 13.8 Å². The summed E-state index contributed by atoms with van der Waals surface area (Å²) >= 11 is 6.45. The Bertz CT molecular complexity index is 958. The van der Waals surface area contributed by atoms with Crippen LogP contribution in [-0.2, 0) is 11.3 Å². The minimum Gasteiger partial charge on any atom is -0.349 e. The molecule has 0 unspecified atom stereocenters. The zero-order valence-corrected chi connectivity index (χ0v) is 19.3. The van der Waals surface area contributed by atoms with E-state index in [0.717, 1.165) is 49.0 Å². The number of hydrogen-bond acceptors (Lipinski definition) is 3. The Hall–Kier alpha value is -2.60. The number of likely N-dealkylation sites (tertiary alicyclic amines) is 1. The van der Waals surface area contributed by atoms with Gasteiger partial charge in [0.05, 0.1) is 5.69 Å². The van der Waals surface area contributed by atoms with Gasteiger partial charge >= 0.3 is 0 Å². The fourth-order valence-corrected chi connectivity index (χ4v) is 4.13. The Morgan fingerprint density at radius 1 is 1.23 bits per heavy atom. The molecule has 31 heavy (non-hydrogen) atoms. The van der Waals surface area contributed by atoms with E-state index in [1.807, 2.05) is 43.0 Å². The van der Waals surface area contributed by atoms with Gasteiger partial charge in [0, 0.05) is 42.9 Å². The number of benzene rings is 1. The molecule has 7 heteroatoms. The van der Waals surface area contributed by atoms with E-state index in [4.69, 9.17) is 11.6 Å². The highest BCUT2D eigenvalue weighted by Crippen LogP contribution is 2.22. The van der Waals surface area contributed by atoms with Gasteiger partial charge in [-0.25, -0.2) is 0 Å². The lowest BCUT2D eigenvalue weighted by Gasteiger charge is -2.31. The van der Waals surface area contributed by atoms with Gasteiger partial charge in [-0.1, -0.05) is 43.1 Å². The Morgan fingerprint density at radius 2 is 1.94 bits per heavy atom. The number of nitrogens with zero attached hydrogens (tertiary/aromatic N) is 3. The van der Waals surface area contributed by atoms with Gasteiger partial charge in [0.2, 0.25) is 5.91 Å². The van der Waals surface area contributed by atoms with Crippen LogP contribution in [0.25, 0.3) is 6.08 Å². The predicted molar refractivity (Wildman–Crippen MR) is 124 cm³/mol. The maximum absolute atomic E-state index is 12.6. The fraction of sp³-hybridized carbons (Fsp3) is 0.458. The minimum absolute atomic E-state index is 0.0412. The zero-order valence-electron chi connectivity index (χ0n) is 18.5. The number of amides is 2. The molecule has 1 N–H and O–H groups in total. The van der Waals surface area contributed by atoms with Gasteiger partial charge in [-0.05, 0) is 50.8 Å². The van der Waals surface area contributed by atoms with Crippen LogP contribution in [0.4, 0.5) is 0 Å². The molecule has 1 saturated heterocycles. The molecule has 0 bridgehead atoms. The monoisotopic (exact) mass is 442 g/mol. The van der Waals surface area contributed by atoms with Crippen LogP contribution in [0.5, 0.6) is 0 Å². The highest BCUT2D eigenvalue weighted by molar-refractivity contribution is 6.31. The number of carbonyl (C=O) groups excluding carboxylic acids is 2. The van der Waals surface area contributed by atoms with Gasteiger partial charge in [0.25, 0.3) is 5.91 Å². The van der Waals surface area contributed by atoms with Crippen molar-refractivity contribution in [3.63, 3.8) is 0 Å². The summed E-state index contributed by atoms with van der Waals surface area (Å²) in [6, 6.07) is 7.65. The molecule has 2 aromatic rings. The first-order valence-corrected chi connectivity index (χ1v) is 11.3. The van der Waals surface area contributed by atoms with E-state index in [1.54, 1.807) is 16.8 Å². The summed E-state index contributed by atoms with van der Waals surface area (Å²) in [6.45, 7) is 7.97. The summed E-state index contributed by atoms with van der Waals surface area (Å²) in [5, 5.41) is 8.16. The Kier molecular flexibility index (Phi) is 7.91. The number of carbonyl (C=O) groups is 2. The normalized spacial score (nSPS) is 14.9. The van der Waals surface area contributed by atoms with Crippen LogP contribution >= 0.6 is 11.6 Å². The average Bonchev–Trinajstić information content (AvgIpc) is 3.03. The van der Waals surface area contributed by atoms with Crippen molar-refractivity contribution >= 4 is 29.5 Å². The summed E-state index contributed by atoms with van der Waals surface area (Å²) in [5.74, 6) is -0.0894. The number of hydrogen-bond donors (Lipinski definition) is 1. The van der Waals surface area contributed by atoms with Crippen molar-refractivity contribution < 1.29 is 9.59 Å². The molecule has 2 amide bonds. The number of piperidine rings is 1. The smallest absolute Gasteiger partial charge is 0.251 e.